The number of nitrogens with one attached hydrogen (secondary N) is 1. The van der Waals surface area contributed by atoms with Crippen LogP contribution in [0.1, 0.15) is 70.7 Å². The summed E-state index contributed by atoms with van der Waals surface area (Å²) >= 11 is 6.13. The van der Waals surface area contributed by atoms with Crippen LogP contribution in [-0.4, -0.2) is 21.5 Å². The molecule has 3 rings (SSSR count). The number of benzene rings is 1. The van der Waals surface area contributed by atoms with E-state index in [1.165, 1.54) is 19.3 Å². The molecule has 1 N–H and O–H groups in total. The zero-order valence-corrected chi connectivity index (χ0v) is 16.0. The van der Waals surface area contributed by atoms with Crippen molar-refractivity contribution < 1.29 is 4.79 Å². The number of aromatic nitrogens is 2. The predicted octanol–water partition coefficient (Wildman–Crippen LogP) is 5.04. The Morgan fingerprint density at radius 2 is 2.08 bits per heavy atom. The van der Waals surface area contributed by atoms with Crippen LogP contribution >= 0.6 is 11.6 Å². The van der Waals surface area contributed by atoms with Crippen molar-refractivity contribution in [1.29, 1.82) is 0 Å². The number of hydrogen-bond acceptors (Lipinski definition) is 2. The molecular formula is C20H28ClN3O. The van der Waals surface area contributed by atoms with Crippen molar-refractivity contribution >= 4 is 28.5 Å². The van der Waals surface area contributed by atoms with Crippen LogP contribution in [0.25, 0.3) is 11.0 Å². The normalized spacial score (nSPS) is 16.9. The number of hydrogen-bond donors (Lipinski definition) is 1. The lowest BCUT2D eigenvalue weighted by Crippen LogP contribution is -2.41. The van der Waals surface area contributed by atoms with Gasteiger partial charge >= 0.3 is 0 Å². The molecule has 0 aliphatic heterocycles. The number of amides is 1. The summed E-state index contributed by atoms with van der Waals surface area (Å²) in [5, 5.41) is 3.97. The van der Waals surface area contributed by atoms with Gasteiger partial charge < -0.3 is 9.88 Å². The number of rotatable bonds is 6. The fourth-order valence-corrected chi connectivity index (χ4v) is 4.07. The smallest absolute Gasteiger partial charge is 0.243 e. The molecule has 1 heterocycles. The maximum absolute atomic E-state index is 13.0. The van der Waals surface area contributed by atoms with Gasteiger partial charge in [0, 0.05) is 17.5 Å². The number of fused-ring (bicyclic) bond motifs is 1. The first-order chi connectivity index (χ1) is 12.1. The molecule has 1 aliphatic rings. The molecule has 0 radical (unpaired) electrons. The third-order valence-corrected chi connectivity index (χ3v) is 5.39. The van der Waals surface area contributed by atoms with E-state index >= 15 is 0 Å². The fourth-order valence-electron chi connectivity index (χ4n) is 3.90. The van der Waals surface area contributed by atoms with Crippen LogP contribution in [0.2, 0.25) is 5.02 Å². The molecule has 5 heteroatoms. The minimum Gasteiger partial charge on any atom is -0.352 e. The molecule has 1 fully saturated rings. The van der Waals surface area contributed by atoms with Crippen molar-refractivity contribution in [2.45, 2.75) is 77.3 Å². The Kier molecular flexibility index (Phi) is 6.00. The maximum Gasteiger partial charge on any atom is 0.243 e. The van der Waals surface area contributed by atoms with Gasteiger partial charge in [0.05, 0.1) is 11.0 Å². The van der Waals surface area contributed by atoms with Crippen molar-refractivity contribution in [1.82, 2.24) is 14.9 Å². The largest absolute Gasteiger partial charge is 0.352 e. The van der Waals surface area contributed by atoms with Gasteiger partial charge in [-0.05, 0) is 43.9 Å². The average Bonchev–Trinajstić information content (AvgIpc) is 2.94. The number of carbonyl (C=O) groups is 1. The van der Waals surface area contributed by atoms with Gasteiger partial charge in [0.1, 0.15) is 11.9 Å². The first-order valence-electron chi connectivity index (χ1n) is 9.60. The summed E-state index contributed by atoms with van der Waals surface area (Å²) in [4.78, 5) is 17.8. The van der Waals surface area contributed by atoms with Crippen LogP contribution in [0.3, 0.4) is 0 Å². The Morgan fingerprint density at radius 3 is 2.76 bits per heavy atom. The monoisotopic (exact) mass is 361 g/mol. The van der Waals surface area contributed by atoms with Gasteiger partial charge in [-0.1, -0.05) is 44.7 Å². The number of aryl methyl sites for hydroxylation is 1. The van der Waals surface area contributed by atoms with Gasteiger partial charge in [-0.25, -0.2) is 4.98 Å². The van der Waals surface area contributed by atoms with Crippen molar-refractivity contribution in [3.63, 3.8) is 0 Å². The summed E-state index contributed by atoms with van der Waals surface area (Å²) in [6, 6.07) is 5.87. The van der Waals surface area contributed by atoms with E-state index in [0.29, 0.717) is 11.1 Å². The Morgan fingerprint density at radius 1 is 1.32 bits per heavy atom. The minimum absolute atomic E-state index is 0.126. The summed E-state index contributed by atoms with van der Waals surface area (Å²) in [5.74, 6) is 1.10. The summed E-state index contributed by atoms with van der Waals surface area (Å²) in [6.07, 6.45) is 8.54. The van der Waals surface area contributed by atoms with Crippen molar-refractivity contribution in [3.8, 4) is 0 Å². The number of imidazole rings is 1. The summed E-state index contributed by atoms with van der Waals surface area (Å²) in [7, 11) is 0. The second-order valence-corrected chi connectivity index (χ2v) is 7.49. The van der Waals surface area contributed by atoms with Crippen LogP contribution in [0.15, 0.2) is 18.2 Å². The Labute approximate surface area is 155 Å². The highest BCUT2D eigenvalue weighted by Crippen LogP contribution is 2.27. The van der Waals surface area contributed by atoms with Crippen molar-refractivity contribution in [2.75, 3.05) is 0 Å². The van der Waals surface area contributed by atoms with Crippen LogP contribution < -0.4 is 5.32 Å². The molecule has 1 aromatic carbocycles. The molecule has 2 aromatic rings. The van der Waals surface area contributed by atoms with E-state index in [0.717, 1.165) is 49.0 Å². The molecule has 0 spiro atoms. The zero-order chi connectivity index (χ0) is 17.8. The van der Waals surface area contributed by atoms with Crippen LogP contribution in [-0.2, 0) is 11.2 Å². The highest BCUT2D eigenvalue weighted by atomic mass is 35.5. The molecule has 1 unspecified atom stereocenters. The van der Waals surface area contributed by atoms with Gasteiger partial charge in [-0.15, -0.1) is 0 Å². The lowest BCUT2D eigenvalue weighted by atomic mass is 9.95. The molecule has 1 aliphatic carbocycles. The summed E-state index contributed by atoms with van der Waals surface area (Å²) < 4.78 is 2.13. The molecule has 136 valence electrons. The Balaban J connectivity index is 1.93. The Bertz CT molecular complexity index is 734. The van der Waals surface area contributed by atoms with Crippen LogP contribution in [0, 0.1) is 0 Å². The number of halogens is 1. The first-order valence-corrected chi connectivity index (χ1v) is 9.98. The molecule has 1 atom stereocenters. The first kappa shape index (κ1) is 18.2. The molecule has 1 amide bonds. The highest BCUT2D eigenvalue weighted by Gasteiger charge is 2.26. The SMILES string of the molecule is CCCc1nc2cc(Cl)ccc2n1C(CC)C(=O)NC1CCCCC1. The van der Waals surface area contributed by atoms with Gasteiger partial charge in [-0.3, -0.25) is 4.79 Å². The average molecular weight is 362 g/mol. The van der Waals surface area contributed by atoms with E-state index in [-0.39, 0.29) is 11.9 Å². The van der Waals surface area contributed by atoms with E-state index in [1.54, 1.807) is 0 Å². The van der Waals surface area contributed by atoms with Crippen LogP contribution in [0.4, 0.5) is 0 Å². The maximum atomic E-state index is 13.0. The standard InChI is InChI=1S/C20H28ClN3O/c1-3-8-19-23-16-13-14(21)11-12-18(16)24(19)17(4-2)20(25)22-15-9-6-5-7-10-15/h11-13,15,17H,3-10H2,1-2H3,(H,22,25). The van der Waals surface area contributed by atoms with E-state index in [4.69, 9.17) is 16.6 Å². The molecular weight excluding hydrogens is 334 g/mol. The van der Waals surface area contributed by atoms with Gasteiger partial charge in [0.2, 0.25) is 5.91 Å². The number of nitrogens with zero attached hydrogens (tertiary/aromatic N) is 2. The second-order valence-electron chi connectivity index (χ2n) is 7.05. The second kappa shape index (κ2) is 8.22. The Hall–Kier alpha value is -1.55. The summed E-state index contributed by atoms with van der Waals surface area (Å²) in [6.45, 7) is 4.21. The number of carbonyl (C=O) groups excluding carboxylic acids is 1. The van der Waals surface area contributed by atoms with Gasteiger partial charge in [0.25, 0.3) is 0 Å². The predicted molar refractivity (Wildman–Crippen MR) is 103 cm³/mol. The minimum atomic E-state index is -0.213. The molecule has 1 saturated carbocycles. The molecule has 0 bridgehead atoms. The van der Waals surface area contributed by atoms with Crippen molar-refractivity contribution in [2.24, 2.45) is 0 Å². The molecule has 0 saturated heterocycles. The quantitative estimate of drug-likeness (QED) is 0.783. The van der Waals surface area contributed by atoms with Gasteiger partial charge in [-0.2, -0.15) is 0 Å². The van der Waals surface area contributed by atoms with Crippen molar-refractivity contribution in [3.05, 3.63) is 29.0 Å². The molecule has 4 nitrogen and oxygen atoms in total. The lowest BCUT2D eigenvalue weighted by molar-refractivity contribution is -0.125. The fraction of sp³-hybridized carbons (Fsp3) is 0.600. The van der Waals surface area contributed by atoms with E-state index in [2.05, 4.69) is 23.7 Å². The van der Waals surface area contributed by atoms with E-state index in [9.17, 15) is 4.79 Å². The van der Waals surface area contributed by atoms with E-state index in [1.807, 2.05) is 18.2 Å². The van der Waals surface area contributed by atoms with Gasteiger partial charge in [0.15, 0.2) is 0 Å². The highest BCUT2D eigenvalue weighted by molar-refractivity contribution is 6.31. The lowest BCUT2D eigenvalue weighted by Gasteiger charge is -2.26. The molecule has 1 aromatic heterocycles. The zero-order valence-electron chi connectivity index (χ0n) is 15.2. The third-order valence-electron chi connectivity index (χ3n) is 5.15. The third kappa shape index (κ3) is 4.00. The van der Waals surface area contributed by atoms with Crippen LogP contribution in [0.5, 0.6) is 0 Å². The topological polar surface area (TPSA) is 46.9 Å². The molecule has 25 heavy (non-hydrogen) atoms. The summed E-state index contributed by atoms with van der Waals surface area (Å²) in [5.41, 5.74) is 1.87. The van der Waals surface area contributed by atoms with E-state index < -0.39 is 0 Å².